The lowest BCUT2D eigenvalue weighted by atomic mass is 9.79. The summed E-state index contributed by atoms with van der Waals surface area (Å²) in [5.41, 5.74) is 1.68. The van der Waals surface area contributed by atoms with E-state index in [0.29, 0.717) is 6.04 Å². The van der Waals surface area contributed by atoms with Gasteiger partial charge in [0.05, 0.1) is 11.6 Å². The van der Waals surface area contributed by atoms with Crippen molar-refractivity contribution < 1.29 is 4.74 Å². The van der Waals surface area contributed by atoms with E-state index in [9.17, 15) is 0 Å². The van der Waals surface area contributed by atoms with Gasteiger partial charge in [-0.15, -0.1) is 0 Å². The van der Waals surface area contributed by atoms with E-state index in [4.69, 9.17) is 4.74 Å². The largest absolute Gasteiger partial charge is 0.376 e. The zero-order valence-corrected chi connectivity index (χ0v) is 14.3. The Morgan fingerprint density at radius 3 is 2.38 bits per heavy atom. The summed E-state index contributed by atoms with van der Waals surface area (Å²) in [6.45, 7) is 3.27. The van der Waals surface area contributed by atoms with Crippen molar-refractivity contribution in [3.63, 3.8) is 0 Å². The number of ether oxygens (including phenoxy) is 1. The van der Waals surface area contributed by atoms with E-state index in [0.717, 1.165) is 6.54 Å². The van der Waals surface area contributed by atoms with Crippen LogP contribution in [0.2, 0.25) is 0 Å². The molecule has 2 heteroatoms. The quantitative estimate of drug-likeness (QED) is 0.570. The first kappa shape index (κ1) is 17.0. The molecular weight excluding hydrogens is 258 g/mol. The molecule has 0 spiro atoms. The SMILES string of the molecule is CCNC(C1=CCCCCCC1)C1(OC)CCCCCC1. The second kappa shape index (κ2) is 8.95. The molecule has 2 aliphatic rings. The second-order valence-corrected chi connectivity index (χ2v) is 6.91. The maximum Gasteiger partial charge on any atom is 0.0869 e. The number of hydrogen-bond acceptors (Lipinski definition) is 2. The van der Waals surface area contributed by atoms with Crippen molar-refractivity contribution in [1.82, 2.24) is 5.32 Å². The summed E-state index contributed by atoms with van der Waals surface area (Å²) in [6.07, 6.45) is 18.4. The fourth-order valence-electron chi connectivity index (χ4n) is 4.28. The van der Waals surface area contributed by atoms with Gasteiger partial charge in [0.1, 0.15) is 0 Å². The maximum absolute atomic E-state index is 6.20. The number of likely N-dealkylation sites (N-methyl/N-ethyl adjacent to an activating group) is 1. The predicted molar refractivity (Wildman–Crippen MR) is 90.7 cm³/mol. The van der Waals surface area contributed by atoms with E-state index in [2.05, 4.69) is 18.3 Å². The molecule has 0 radical (unpaired) electrons. The molecule has 1 fully saturated rings. The molecular formula is C19H35NO. The Hall–Kier alpha value is -0.340. The minimum Gasteiger partial charge on any atom is -0.376 e. The standard InChI is InChI=1S/C19H35NO/c1-3-20-18(17-13-9-5-4-6-10-14-17)19(21-2)15-11-7-8-12-16-19/h13,18,20H,3-12,14-16H2,1-2H3. The van der Waals surface area contributed by atoms with Crippen LogP contribution in [0, 0.1) is 0 Å². The molecule has 21 heavy (non-hydrogen) atoms. The molecule has 0 aromatic carbocycles. The van der Waals surface area contributed by atoms with Crippen LogP contribution in [0.4, 0.5) is 0 Å². The molecule has 1 N–H and O–H groups in total. The highest BCUT2D eigenvalue weighted by molar-refractivity contribution is 5.19. The first-order valence-corrected chi connectivity index (χ1v) is 9.30. The molecule has 2 aliphatic carbocycles. The molecule has 0 amide bonds. The van der Waals surface area contributed by atoms with Gasteiger partial charge in [0.2, 0.25) is 0 Å². The van der Waals surface area contributed by atoms with Gasteiger partial charge in [0.25, 0.3) is 0 Å². The van der Waals surface area contributed by atoms with E-state index in [1.54, 1.807) is 5.57 Å². The molecule has 0 aromatic rings. The van der Waals surface area contributed by atoms with Crippen molar-refractivity contribution in [2.75, 3.05) is 13.7 Å². The van der Waals surface area contributed by atoms with Gasteiger partial charge in [-0.2, -0.15) is 0 Å². The number of nitrogens with one attached hydrogen (secondary N) is 1. The molecule has 0 aliphatic heterocycles. The molecule has 0 heterocycles. The molecule has 2 rings (SSSR count). The Balaban J connectivity index is 2.21. The summed E-state index contributed by atoms with van der Waals surface area (Å²) >= 11 is 0. The summed E-state index contributed by atoms with van der Waals surface area (Å²) in [6, 6.07) is 0.434. The van der Waals surface area contributed by atoms with Crippen molar-refractivity contribution in [3.05, 3.63) is 11.6 Å². The number of hydrogen-bond donors (Lipinski definition) is 1. The van der Waals surface area contributed by atoms with E-state index in [-0.39, 0.29) is 5.60 Å². The van der Waals surface area contributed by atoms with Crippen LogP contribution in [0.1, 0.15) is 84.0 Å². The lowest BCUT2D eigenvalue weighted by Crippen LogP contribution is -2.53. The van der Waals surface area contributed by atoms with E-state index in [1.807, 2.05) is 7.11 Å². The first-order valence-electron chi connectivity index (χ1n) is 9.30. The van der Waals surface area contributed by atoms with Crippen molar-refractivity contribution in [3.8, 4) is 0 Å². The van der Waals surface area contributed by atoms with Crippen LogP contribution >= 0.6 is 0 Å². The average molecular weight is 293 g/mol. The van der Waals surface area contributed by atoms with Gasteiger partial charge in [-0.1, -0.05) is 57.1 Å². The van der Waals surface area contributed by atoms with Crippen molar-refractivity contribution in [1.29, 1.82) is 0 Å². The van der Waals surface area contributed by atoms with Gasteiger partial charge in [0.15, 0.2) is 0 Å². The smallest absolute Gasteiger partial charge is 0.0869 e. The Bertz CT molecular complexity index is 316. The van der Waals surface area contributed by atoms with E-state index in [1.165, 1.54) is 77.0 Å². The molecule has 1 atom stereocenters. The molecule has 122 valence electrons. The third-order valence-electron chi connectivity index (χ3n) is 5.49. The lowest BCUT2D eigenvalue weighted by molar-refractivity contribution is -0.0440. The molecule has 0 saturated heterocycles. The highest BCUT2D eigenvalue weighted by Crippen LogP contribution is 2.37. The summed E-state index contributed by atoms with van der Waals surface area (Å²) in [4.78, 5) is 0. The van der Waals surface area contributed by atoms with Gasteiger partial charge in [-0.05, 0) is 45.1 Å². The fraction of sp³-hybridized carbons (Fsp3) is 0.895. The summed E-state index contributed by atoms with van der Waals surface area (Å²) in [5, 5.41) is 3.80. The van der Waals surface area contributed by atoms with Gasteiger partial charge in [0, 0.05) is 7.11 Å². The van der Waals surface area contributed by atoms with Crippen LogP contribution in [0.15, 0.2) is 11.6 Å². The van der Waals surface area contributed by atoms with Gasteiger partial charge >= 0.3 is 0 Å². The first-order chi connectivity index (χ1) is 10.3. The Morgan fingerprint density at radius 1 is 1.05 bits per heavy atom. The van der Waals surface area contributed by atoms with Crippen molar-refractivity contribution in [2.45, 2.75) is 95.6 Å². The van der Waals surface area contributed by atoms with E-state index >= 15 is 0 Å². The normalized spacial score (nSPS) is 25.3. The molecule has 0 aromatic heterocycles. The number of methoxy groups -OCH3 is 1. The highest BCUT2D eigenvalue weighted by Gasteiger charge is 2.40. The summed E-state index contributed by atoms with van der Waals surface area (Å²) in [7, 11) is 1.94. The van der Waals surface area contributed by atoms with Crippen LogP contribution in [-0.4, -0.2) is 25.3 Å². The fourth-order valence-corrected chi connectivity index (χ4v) is 4.28. The third kappa shape index (κ3) is 4.56. The third-order valence-corrected chi connectivity index (χ3v) is 5.49. The molecule has 1 saturated carbocycles. The Labute approximate surface area is 131 Å². The van der Waals surface area contributed by atoms with Crippen LogP contribution in [-0.2, 0) is 4.74 Å². The maximum atomic E-state index is 6.20. The molecule has 2 nitrogen and oxygen atoms in total. The Morgan fingerprint density at radius 2 is 1.71 bits per heavy atom. The van der Waals surface area contributed by atoms with Crippen LogP contribution in [0.3, 0.4) is 0 Å². The van der Waals surface area contributed by atoms with Crippen molar-refractivity contribution >= 4 is 0 Å². The number of allylic oxidation sites excluding steroid dienone is 1. The van der Waals surface area contributed by atoms with Crippen LogP contribution in [0.25, 0.3) is 0 Å². The zero-order chi connectivity index (χ0) is 15.0. The summed E-state index contributed by atoms with van der Waals surface area (Å²) in [5.74, 6) is 0. The van der Waals surface area contributed by atoms with Gasteiger partial charge < -0.3 is 10.1 Å². The molecule has 1 unspecified atom stereocenters. The Kier molecular flexibility index (Phi) is 7.25. The average Bonchev–Trinajstić information content (AvgIpc) is 2.71. The minimum atomic E-state index is 0.0392. The van der Waals surface area contributed by atoms with Crippen molar-refractivity contribution in [2.24, 2.45) is 0 Å². The second-order valence-electron chi connectivity index (χ2n) is 6.91. The topological polar surface area (TPSA) is 21.3 Å². The zero-order valence-electron chi connectivity index (χ0n) is 14.3. The van der Waals surface area contributed by atoms with Crippen LogP contribution in [0.5, 0.6) is 0 Å². The summed E-state index contributed by atoms with van der Waals surface area (Å²) < 4.78 is 6.20. The minimum absolute atomic E-state index is 0.0392. The van der Waals surface area contributed by atoms with Gasteiger partial charge in [-0.3, -0.25) is 0 Å². The highest BCUT2D eigenvalue weighted by atomic mass is 16.5. The van der Waals surface area contributed by atoms with E-state index < -0.39 is 0 Å². The molecule has 0 bridgehead atoms. The lowest BCUT2D eigenvalue weighted by Gasteiger charge is -2.41. The predicted octanol–water partition coefficient (Wildman–Crippen LogP) is 4.98. The van der Waals surface area contributed by atoms with Crippen LogP contribution < -0.4 is 5.32 Å². The number of rotatable bonds is 5. The van der Waals surface area contributed by atoms with Gasteiger partial charge in [-0.25, -0.2) is 0 Å². The monoisotopic (exact) mass is 293 g/mol.